The zero-order valence-corrected chi connectivity index (χ0v) is 14.9. The lowest BCUT2D eigenvalue weighted by Gasteiger charge is -2.10. The van der Waals surface area contributed by atoms with Crippen molar-refractivity contribution in [1.82, 2.24) is 10.3 Å². The van der Waals surface area contributed by atoms with Gasteiger partial charge in [0.25, 0.3) is 15.9 Å². The fraction of sp³-hybridized carbons (Fsp3) is 0.188. The quantitative estimate of drug-likeness (QED) is 0.680. The third kappa shape index (κ3) is 5.63. The summed E-state index contributed by atoms with van der Waals surface area (Å²) in [7, 11) is -3.90. The van der Waals surface area contributed by atoms with Gasteiger partial charge in [0.2, 0.25) is 0 Å². The van der Waals surface area contributed by atoms with Crippen molar-refractivity contribution in [3.63, 3.8) is 0 Å². The fourth-order valence-electron chi connectivity index (χ4n) is 1.81. The van der Waals surface area contributed by atoms with Crippen LogP contribution in [0.1, 0.15) is 6.92 Å². The maximum absolute atomic E-state index is 12.1. The monoisotopic (exact) mass is 384 g/mol. The summed E-state index contributed by atoms with van der Waals surface area (Å²) < 4.78 is 34.7. The van der Waals surface area contributed by atoms with Gasteiger partial charge in [0, 0.05) is 0 Å². The first-order valence-electron chi connectivity index (χ1n) is 7.33. The van der Waals surface area contributed by atoms with Gasteiger partial charge in [-0.3, -0.25) is 10.2 Å². The zero-order chi connectivity index (χ0) is 18.3. The van der Waals surface area contributed by atoms with Crippen molar-refractivity contribution < 1.29 is 22.7 Å². The van der Waals surface area contributed by atoms with Gasteiger partial charge < -0.3 is 9.47 Å². The minimum Gasteiger partial charge on any atom is -0.494 e. The molecule has 2 aromatic rings. The zero-order valence-electron chi connectivity index (χ0n) is 13.4. The largest absolute Gasteiger partial charge is 0.494 e. The Balaban J connectivity index is 1.88. The third-order valence-electron chi connectivity index (χ3n) is 2.97. The molecule has 7 nitrogen and oxygen atoms in total. The number of sulfonamides is 1. The second-order valence-corrected chi connectivity index (χ2v) is 6.87. The van der Waals surface area contributed by atoms with Crippen molar-refractivity contribution in [2.24, 2.45) is 0 Å². The molecule has 0 saturated carbocycles. The highest BCUT2D eigenvalue weighted by Crippen LogP contribution is 2.22. The van der Waals surface area contributed by atoms with Gasteiger partial charge in [-0.2, -0.15) is 0 Å². The molecule has 0 fully saturated rings. The second-order valence-electron chi connectivity index (χ2n) is 4.78. The lowest BCUT2D eigenvalue weighted by molar-refractivity contribution is -0.123. The number of hydrogen-bond acceptors (Lipinski definition) is 5. The maximum atomic E-state index is 12.1. The van der Waals surface area contributed by atoms with Gasteiger partial charge in [-0.1, -0.05) is 23.7 Å². The van der Waals surface area contributed by atoms with Crippen LogP contribution in [0.15, 0.2) is 53.4 Å². The number of rotatable bonds is 8. The number of para-hydroxylation sites is 1. The molecule has 0 spiro atoms. The van der Waals surface area contributed by atoms with E-state index in [1.807, 2.05) is 11.8 Å². The Kier molecular flexibility index (Phi) is 6.63. The van der Waals surface area contributed by atoms with Crippen LogP contribution in [0.5, 0.6) is 11.5 Å². The first kappa shape index (κ1) is 19.0. The highest BCUT2D eigenvalue weighted by Gasteiger charge is 2.15. The number of amides is 1. The lowest BCUT2D eigenvalue weighted by atomic mass is 10.3. The van der Waals surface area contributed by atoms with Crippen LogP contribution in [0.3, 0.4) is 0 Å². The van der Waals surface area contributed by atoms with Crippen molar-refractivity contribution in [2.45, 2.75) is 11.8 Å². The summed E-state index contributed by atoms with van der Waals surface area (Å²) in [5, 5.41) is 0.352. The highest BCUT2D eigenvalue weighted by molar-refractivity contribution is 7.89. The van der Waals surface area contributed by atoms with Gasteiger partial charge in [-0.25, -0.2) is 8.42 Å². The normalized spacial score (nSPS) is 11.0. The maximum Gasteiger partial charge on any atom is 0.272 e. The Hall–Kier alpha value is -2.29. The number of benzene rings is 2. The molecule has 0 bridgehead atoms. The smallest absolute Gasteiger partial charge is 0.272 e. The van der Waals surface area contributed by atoms with Gasteiger partial charge in [0.1, 0.15) is 11.5 Å². The first-order chi connectivity index (χ1) is 11.9. The molecule has 0 heterocycles. The van der Waals surface area contributed by atoms with E-state index in [0.717, 1.165) is 0 Å². The lowest BCUT2D eigenvalue weighted by Crippen LogP contribution is -2.43. The van der Waals surface area contributed by atoms with Crippen LogP contribution < -0.4 is 19.7 Å². The molecule has 0 unspecified atom stereocenters. The predicted molar refractivity (Wildman–Crippen MR) is 93.0 cm³/mol. The Labute approximate surface area is 150 Å². The second kappa shape index (κ2) is 8.70. The predicted octanol–water partition coefficient (Wildman–Crippen LogP) is 2.13. The number of carbonyl (C=O) groups is 1. The summed E-state index contributed by atoms with van der Waals surface area (Å²) in [5.74, 6) is 0.210. The average Bonchev–Trinajstić information content (AvgIpc) is 2.60. The van der Waals surface area contributed by atoms with Crippen molar-refractivity contribution >= 4 is 27.5 Å². The van der Waals surface area contributed by atoms with Crippen molar-refractivity contribution in [1.29, 1.82) is 0 Å². The van der Waals surface area contributed by atoms with Gasteiger partial charge in [0.05, 0.1) is 16.5 Å². The van der Waals surface area contributed by atoms with E-state index in [0.29, 0.717) is 23.1 Å². The van der Waals surface area contributed by atoms with E-state index in [-0.39, 0.29) is 4.90 Å². The first-order valence-corrected chi connectivity index (χ1v) is 9.19. The van der Waals surface area contributed by atoms with E-state index in [9.17, 15) is 13.2 Å². The Morgan fingerprint density at radius 1 is 1.08 bits per heavy atom. The molecule has 1 amide bonds. The highest BCUT2D eigenvalue weighted by atomic mass is 35.5. The molecule has 2 rings (SSSR count). The summed E-state index contributed by atoms with van der Waals surface area (Å²) >= 11 is 5.89. The van der Waals surface area contributed by atoms with Gasteiger partial charge in [-0.15, -0.1) is 4.83 Å². The van der Waals surface area contributed by atoms with Gasteiger partial charge >= 0.3 is 0 Å². The van der Waals surface area contributed by atoms with Crippen LogP contribution in [-0.4, -0.2) is 27.5 Å². The number of ether oxygens (including phenoxy) is 2. The molecule has 0 atom stereocenters. The number of hydrazine groups is 1. The van der Waals surface area contributed by atoms with E-state index >= 15 is 0 Å². The Bertz CT molecular complexity index is 825. The van der Waals surface area contributed by atoms with Crippen LogP contribution in [0.4, 0.5) is 0 Å². The number of nitrogens with one attached hydrogen (secondary N) is 2. The third-order valence-corrected chi connectivity index (χ3v) is 4.54. The van der Waals surface area contributed by atoms with Crippen LogP contribution in [0, 0.1) is 0 Å². The molecule has 0 aromatic heterocycles. The molecule has 0 aliphatic carbocycles. The fourth-order valence-corrected chi connectivity index (χ4v) is 2.86. The van der Waals surface area contributed by atoms with Crippen LogP contribution in [-0.2, 0) is 14.8 Å². The van der Waals surface area contributed by atoms with Crippen LogP contribution >= 0.6 is 11.6 Å². The average molecular weight is 385 g/mol. The minimum atomic E-state index is -3.90. The summed E-state index contributed by atoms with van der Waals surface area (Å²) in [6, 6.07) is 12.4. The topological polar surface area (TPSA) is 93.7 Å². The molecule has 9 heteroatoms. The van der Waals surface area contributed by atoms with E-state index in [1.165, 1.54) is 24.3 Å². The molecule has 2 aromatic carbocycles. The van der Waals surface area contributed by atoms with Crippen LogP contribution in [0.25, 0.3) is 0 Å². The van der Waals surface area contributed by atoms with Crippen molar-refractivity contribution in [2.75, 3.05) is 13.2 Å². The number of carbonyl (C=O) groups excluding carboxylic acids is 1. The van der Waals surface area contributed by atoms with E-state index in [2.05, 4.69) is 5.43 Å². The molecule has 0 radical (unpaired) electrons. The molecular weight excluding hydrogens is 368 g/mol. The van der Waals surface area contributed by atoms with Crippen LogP contribution in [0.2, 0.25) is 5.02 Å². The van der Waals surface area contributed by atoms with Gasteiger partial charge in [0.15, 0.2) is 6.61 Å². The molecular formula is C16H17ClN2O5S. The van der Waals surface area contributed by atoms with E-state index in [1.54, 1.807) is 24.3 Å². The Morgan fingerprint density at radius 2 is 1.76 bits per heavy atom. The summed E-state index contributed by atoms with van der Waals surface area (Å²) in [4.78, 5) is 13.7. The van der Waals surface area contributed by atoms with Gasteiger partial charge in [-0.05, 0) is 43.3 Å². The Morgan fingerprint density at radius 3 is 2.40 bits per heavy atom. The summed E-state index contributed by atoms with van der Waals surface area (Å²) in [6.07, 6.45) is 0. The molecule has 0 aliphatic heterocycles. The number of hydrogen-bond donors (Lipinski definition) is 2. The van der Waals surface area contributed by atoms with E-state index < -0.39 is 22.5 Å². The van der Waals surface area contributed by atoms with E-state index in [4.69, 9.17) is 21.1 Å². The van der Waals surface area contributed by atoms with Crippen molar-refractivity contribution in [3.05, 3.63) is 53.6 Å². The molecule has 2 N–H and O–H groups in total. The summed E-state index contributed by atoms with van der Waals surface area (Å²) in [6.45, 7) is 1.91. The summed E-state index contributed by atoms with van der Waals surface area (Å²) in [5.41, 5.74) is 2.07. The molecule has 0 aliphatic rings. The molecule has 134 valence electrons. The minimum absolute atomic E-state index is 0.0109. The molecule has 25 heavy (non-hydrogen) atoms. The standard InChI is InChI=1S/C16H17ClN2O5S/c1-2-23-12-7-9-13(10-8-12)25(21,22)19-18-16(20)11-24-15-6-4-3-5-14(15)17/h3-10,19H,2,11H2,1H3,(H,18,20). The SMILES string of the molecule is CCOc1ccc(S(=O)(=O)NNC(=O)COc2ccccc2Cl)cc1. The van der Waals surface area contributed by atoms with Crippen molar-refractivity contribution in [3.8, 4) is 11.5 Å². The number of halogens is 1. The molecule has 0 saturated heterocycles.